The molecule has 0 radical (unpaired) electrons. The average Bonchev–Trinajstić information content (AvgIpc) is 2.82. The molecule has 0 saturated carbocycles. The SMILES string of the molecule is NC(N)=NCCCC(N)C(=O)NC(Cc1ccccc1)C(=O)NC(Cc1ccc(O)cc1)C(=O)O. The molecule has 0 aliphatic rings. The topological polar surface area (TPSA) is 206 Å². The van der Waals surface area contributed by atoms with Crippen LogP contribution in [0.25, 0.3) is 0 Å². The molecule has 2 aromatic carbocycles. The molecule has 0 fully saturated rings. The van der Waals surface area contributed by atoms with Gasteiger partial charge in [-0.25, -0.2) is 4.79 Å². The molecule has 0 spiro atoms. The Bertz CT molecular complexity index is 1010. The van der Waals surface area contributed by atoms with Crippen LogP contribution in [-0.2, 0) is 27.2 Å². The van der Waals surface area contributed by atoms with E-state index in [4.69, 9.17) is 17.2 Å². The highest BCUT2D eigenvalue weighted by atomic mass is 16.4. The number of amides is 2. The van der Waals surface area contributed by atoms with Gasteiger partial charge in [0.1, 0.15) is 17.8 Å². The molecule has 0 aliphatic carbocycles. The number of aliphatic imine (C=N–C) groups is 1. The fraction of sp³-hybridized carbons (Fsp3) is 0.333. The molecular formula is C24H32N6O5. The number of phenols is 1. The summed E-state index contributed by atoms with van der Waals surface area (Å²) in [6.07, 6.45) is 0.902. The third kappa shape index (κ3) is 9.72. The Morgan fingerprint density at radius 1 is 0.857 bits per heavy atom. The van der Waals surface area contributed by atoms with Crippen LogP contribution in [-0.4, -0.2) is 58.6 Å². The maximum absolute atomic E-state index is 13.1. The lowest BCUT2D eigenvalue weighted by Gasteiger charge is -2.23. The average molecular weight is 485 g/mol. The predicted octanol–water partition coefficient (Wildman–Crippen LogP) is -0.387. The largest absolute Gasteiger partial charge is 0.508 e. The number of nitrogens with one attached hydrogen (secondary N) is 2. The van der Waals surface area contributed by atoms with Crippen LogP contribution < -0.4 is 27.8 Å². The van der Waals surface area contributed by atoms with Gasteiger partial charge >= 0.3 is 5.97 Å². The van der Waals surface area contributed by atoms with Crippen LogP contribution >= 0.6 is 0 Å². The Hall–Kier alpha value is -4.12. The highest BCUT2D eigenvalue weighted by molar-refractivity contribution is 5.92. The number of aliphatic carboxylic acids is 1. The summed E-state index contributed by atoms with van der Waals surface area (Å²) in [5.74, 6) is -2.43. The Labute approximate surface area is 203 Å². The van der Waals surface area contributed by atoms with Crippen molar-refractivity contribution in [2.24, 2.45) is 22.2 Å². The zero-order valence-corrected chi connectivity index (χ0v) is 19.3. The first-order chi connectivity index (χ1) is 16.7. The van der Waals surface area contributed by atoms with E-state index in [1.54, 1.807) is 36.4 Å². The molecule has 10 N–H and O–H groups in total. The van der Waals surface area contributed by atoms with Gasteiger partial charge in [-0.15, -0.1) is 0 Å². The molecule has 0 aliphatic heterocycles. The zero-order valence-electron chi connectivity index (χ0n) is 19.3. The maximum Gasteiger partial charge on any atom is 0.326 e. The van der Waals surface area contributed by atoms with Crippen molar-refractivity contribution >= 4 is 23.7 Å². The monoisotopic (exact) mass is 484 g/mol. The standard InChI is InChI=1S/C24H32N6O5/c25-18(7-4-12-28-24(26)27)21(32)29-19(13-15-5-2-1-3-6-15)22(33)30-20(23(34)35)14-16-8-10-17(31)11-9-16/h1-3,5-6,8-11,18-20,31H,4,7,12-14,25H2,(H,29,32)(H,30,33)(H,34,35)(H4,26,27,28). The number of carboxylic acids is 1. The van der Waals surface area contributed by atoms with Crippen molar-refractivity contribution in [2.45, 2.75) is 43.8 Å². The molecule has 0 aromatic heterocycles. The van der Waals surface area contributed by atoms with E-state index < -0.39 is 35.9 Å². The number of hydrogen-bond acceptors (Lipinski definition) is 6. The molecule has 0 saturated heterocycles. The second kappa shape index (κ2) is 13.6. The fourth-order valence-electron chi connectivity index (χ4n) is 3.33. The van der Waals surface area contributed by atoms with E-state index >= 15 is 0 Å². The number of phenolic OH excluding ortho intramolecular Hbond substituents is 1. The molecule has 3 unspecified atom stereocenters. The molecule has 11 nitrogen and oxygen atoms in total. The molecule has 0 heterocycles. The first-order valence-corrected chi connectivity index (χ1v) is 11.1. The van der Waals surface area contributed by atoms with Crippen LogP contribution in [0.5, 0.6) is 5.75 Å². The summed E-state index contributed by atoms with van der Waals surface area (Å²) in [6.45, 7) is 0.314. The third-order valence-corrected chi connectivity index (χ3v) is 5.21. The molecular weight excluding hydrogens is 452 g/mol. The zero-order chi connectivity index (χ0) is 25.8. The van der Waals surface area contributed by atoms with Gasteiger partial charge in [0.25, 0.3) is 0 Å². The summed E-state index contributed by atoms with van der Waals surface area (Å²) in [7, 11) is 0. The second-order valence-corrected chi connectivity index (χ2v) is 8.08. The Balaban J connectivity index is 2.10. The van der Waals surface area contributed by atoms with Crippen molar-refractivity contribution in [3.8, 4) is 5.75 Å². The number of nitrogens with two attached hydrogens (primary N) is 3. The van der Waals surface area contributed by atoms with Crippen molar-refractivity contribution in [3.05, 3.63) is 65.7 Å². The van der Waals surface area contributed by atoms with E-state index in [-0.39, 0.29) is 24.6 Å². The van der Waals surface area contributed by atoms with E-state index in [0.29, 0.717) is 24.9 Å². The van der Waals surface area contributed by atoms with Gasteiger partial charge in [-0.05, 0) is 36.1 Å². The van der Waals surface area contributed by atoms with E-state index in [9.17, 15) is 24.6 Å². The highest BCUT2D eigenvalue weighted by Crippen LogP contribution is 2.12. The van der Waals surface area contributed by atoms with Crippen molar-refractivity contribution < 1.29 is 24.6 Å². The number of carbonyl (C=O) groups excluding carboxylic acids is 2. The van der Waals surface area contributed by atoms with Crippen molar-refractivity contribution in [3.63, 3.8) is 0 Å². The number of aromatic hydroxyl groups is 1. The molecule has 188 valence electrons. The number of benzene rings is 2. The Kier molecular flexibility index (Phi) is 10.5. The highest BCUT2D eigenvalue weighted by Gasteiger charge is 2.28. The summed E-state index contributed by atoms with van der Waals surface area (Å²) in [6, 6.07) is 11.8. The van der Waals surface area contributed by atoms with Crippen LogP contribution in [0, 0.1) is 0 Å². The normalized spacial score (nSPS) is 13.2. The minimum Gasteiger partial charge on any atom is -0.508 e. The van der Waals surface area contributed by atoms with E-state index in [2.05, 4.69) is 15.6 Å². The van der Waals surface area contributed by atoms with Gasteiger partial charge in [-0.1, -0.05) is 42.5 Å². The summed E-state index contributed by atoms with van der Waals surface area (Å²) in [5, 5.41) is 24.2. The number of rotatable bonds is 13. The van der Waals surface area contributed by atoms with Crippen molar-refractivity contribution in [1.82, 2.24) is 10.6 Å². The molecule has 11 heteroatoms. The number of nitrogens with zero attached hydrogens (tertiary/aromatic N) is 1. The summed E-state index contributed by atoms with van der Waals surface area (Å²) in [4.78, 5) is 41.4. The Morgan fingerprint density at radius 2 is 1.43 bits per heavy atom. The lowest BCUT2D eigenvalue weighted by molar-refractivity contribution is -0.142. The van der Waals surface area contributed by atoms with Gasteiger partial charge in [0, 0.05) is 19.4 Å². The quantitative estimate of drug-likeness (QED) is 0.113. The van der Waals surface area contributed by atoms with Gasteiger partial charge in [-0.3, -0.25) is 14.6 Å². The first kappa shape index (κ1) is 27.1. The maximum atomic E-state index is 13.1. The first-order valence-electron chi connectivity index (χ1n) is 11.1. The molecule has 2 aromatic rings. The number of hydrogen-bond donors (Lipinski definition) is 7. The molecule has 2 rings (SSSR count). The van der Waals surface area contributed by atoms with Crippen molar-refractivity contribution in [2.75, 3.05) is 6.54 Å². The lowest BCUT2D eigenvalue weighted by atomic mass is 10.0. The lowest BCUT2D eigenvalue weighted by Crippen LogP contribution is -2.55. The van der Waals surface area contributed by atoms with Crippen molar-refractivity contribution in [1.29, 1.82) is 0 Å². The molecule has 35 heavy (non-hydrogen) atoms. The second-order valence-electron chi connectivity index (χ2n) is 8.08. The van der Waals surface area contributed by atoms with Gasteiger partial charge < -0.3 is 38.0 Å². The van der Waals surface area contributed by atoms with Gasteiger partial charge in [0.15, 0.2) is 5.96 Å². The van der Waals surface area contributed by atoms with Crippen LogP contribution in [0.2, 0.25) is 0 Å². The van der Waals surface area contributed by atoms with Crippen LogP contribution in [0.15, 0.2) is 59.6 Å². The molecule has 0 bridgehead atoms. The summed E-state index contributed by atoms with van der Waals surface area (Å²) < 4.78 is 0. The summed E-state index contributed by atoms with van der Waals surface area (Å²) >= 11 is 0. The van der Waals surface area contributed by atoms with Gasteiger partial charge in [0.2, 0.25) is 11.8 Å². The Morgan fingerprint density at radius 3 is 2.03 bits per heavy atom. The minimum absolute atomic E-state index is 0.00232. The van der Waals surface area contributed by atoms with Crippen LogP contribution in [0.1, 0.15) is 24.0 Å². The predicted molar refractivity (Wildman–Crippen MR) is 131 cm³/mol. The number of guanidine groups is 1. The minimum atomic E-state index is -1.24. The smallest absolute Gasteiger partial charge is 0.326 e. The molecule has 3 atom stereocenters. The van der Waals surface area contributed by atoms with E-state index in [1.165, 1.54) is 12.1 Å². The van der Waals surface area contributed by atoms with E-state index in [0.717, 1.165) is 5.56 Å². The summed E-state index contributed by atoms with van der Waals surface area (Å²) in [5.41, 5.74) is 17.9. The third-order valence-electron chi connectivity index (χ3n) is 5.21. The van der Waals surface area contributed by atoms with Gasteiger partial charge in [-0.2, -0.15) is 0 Å². The number of carbonyl (C=O) groups is 3. The van der Waals surface area contributed by atoms with Crippen LogP contribution in [0.4, 0.5) is 0 Å². The number of carboxylic acid groups (broad SMARTS) is 1. The molecule has 2 amide bonds. The van der Waals surface area contributed by atoms with Crippen LogP contribution in [0.3, 0.4) is 0 Å². The van der Waals surface area contributed by atoms with E-state index in [1.807, 2.05) is 6.07 Å². The fourth-order valence-corrected chi connectivity index (χ4v) is 3.33. The van der Waals surface area contributed by atoms with Gasteiger partial charge in [0.05, 0.1) is 6.04 Å².